The maximum atomic E-state index is 12.5. The van der Waals surface area contributed by atoms with Gasteiger partial charge in [0, 0.05) is 24.4 Å². The van der Waals surface area contributed by atoms with E-state index >= 15 is 0 Å². The van der Waals surface area contributed by atoms with Crippen LogP contribution in [0.3, 0.4) is 0 Å². The number of carbonyl (C=O) groups is 1. The Labute approximate surface area is 163 Å². The molecule has 0 fully saturated rings. The van der Waals surface area contributed by atoms with Crippen molar-refractivity contribution in [3.63, 3.8) is 0 Å². The minimum atomic E-state index is -0.676. The summed E-state index contributed by atoms with van der Waals surface area (Å²) < 4.78 is 1.62. The molecule has 1 amide bonds. The topological polar surface area (TPSA) is 71.3 Å². The van der Waals surface area contributed by atoms with Gasteiger partial charge in [0.05, 0.1) is 0 Å². The molecule has 2 N–H and O–H groups in total. The first-order valence-electron chi connectivity index (χ1n) is 9.09. The highest BCUT2D eigenvalue weighted by molar-refractivity contribution is 5.90. The zero-order valence-electron chi connectivity index (χ0n) is 15.4. The number of aromatic nitrogens is 1. The number of benzene rings is 2. The van der Waals surface area contributed by atoms with Crippen LogP contribution in [0.5, 0.6) is 0 Å². The van der Waals surface area contributed by atoms with Crippen molar-refractivity contribution in [3.8, 4) is 0 Å². The lowest BCUT2D eigenvalue weighted by Gasteiger charge is -2.08. The first-order chi connectivity index (χ1) is 13.7. The molecule has 5 nitrogen and oxygen atoms in total. The van der Waals surface area contributed by atoms with Gasteiger partial charge >= 0.3 is 0 Å². The van der Waals surface area contributed by atoms with Crippen LogP contribution in [-0.4, -0.2) is 15.7 Å². The van der Waals surface area contributed by atoms with Crippen LogP contribution >= 0.6 is 0 Å². The molecule has 0 atom stereocenters. The smallest absolute Gasteiger partial charge is 0.267 e. The van der Waals surface area contributed by atoms with Crippen molar-refractivity contribution >= 4 is 12.0 Å². The van der Waals surface area contributed by atoms with E-state index in [2.05, 4.69) is 36.4 Å². The number of carbonyl (C=O) groups excluding carboxylic acids is 1. The van der Waals surface area contributed by atoms with Crippen molar-refractivity contribution < 1.29 is 10.0 Å². The van der Waals surface area contributed by atoms with E-state index in [0.29, 0.717) is 12.1 Å². The third kappa shape index (κ3) is 5.28. The standard InChI is InChI=1S/C23H22N2O3/c26-22(24-28)13-12-21-7-4-15-25(23(21)27)16-14-18-8-10-20(11-9-18)17-19-5-2-1-3-6-19/h1-13,15,28H,14,16-17H2,(H,24,26)/b13-12+. The zero-order valence-corrected chi connectivity index (χ0v) is 15.4. The number of nitrogens with one attached hydrogen (secondary N) is 1. The lowest BCUT2D eigenvalue weighted by Crippen LogP contribution is -2.22. The fourth-order valence-electron chi connectivity index (χ4n) is 2.97. The van der Waals surface area contributed by atoms with E-state index in [0.717, 1.165) is 24.5 Å². The highest BCUT2D eigenvalue weighted by atomic mass is 16.5. The fourth-order valence-corrected chi connectivity index (χ4v) is 2.97. The molecule has 0 saturated carbocycles. The molecular weight excluding hydrogens is 352 g/mol. The van der Waals surface area contributed by atoms with Gasteiger partial charge in [-0.2, -0.15) is 0 Å². The Kier molecular flexibility index (Phi) is 6.54. The number of hydroxylamine groups is 1. The SMILES string of the molecule is O=C(/C=C/c1cccn(CCc2ccc(Cc3ccccc3)cc2)c1=O)NO. The Morgan fingerprint density at radius 2 is 1.61 bits per heavy atom. The monoisotopic (exact) mass is 374 g/mol. The summed E-state index contributed by atoms with van der Waals surface area (Å²) in [6.07, 6.45) is 5.87. The highest BCUT2D eigenvalue weighted by Gasteiger charge is 2.03. The van der Waals surface area contributed by atoms with Gasteiger partial charge in [0.1, 0.15) is 0 Å². The van der Waals surface area contributed by atoms with E-state index in [1.54, 1.807) is 22.9 Å². The van der Waals surface area contributed by atoms with Crippen molar-refractivity contribution in [1.82, 2.24) is 10.0 Å². The summed E-state index contributed by atoms with van der Waals surface area (Å²) in [7, 11) is 0. The van der Waals surface area contributed by atoms with Gasteiger partial charge in [-0.3, -0.25) is 14.8 Å². The van der Waals surface area contributed by atoms with Gasteiger partial charge in [0.25, 0.3) is 11.5 Å². The first kappa shape index (κ1) is 19.3. The summed E-state index contributed by atoms with van der Waals surface area (Å²) in [5.74, 6) is -0.676. The van der Waals surface area contributed by atoms with E-state index in [4.69, 9.17) is 5.21 Å². The molecule has 5 heteroatoms. The Morgan fingerprint density at radius 3 is 2.32 bits per heavy atom. The molecule has 28 heavy (non-hydrogen) atoms. The normalized spacial score (nSPS) is 10.9. The summed E-state index contributed by atoms with van der Waals surface area (Å²) in [5.41, 5.74) is 5.41. The van der Waals surface area contributed by atoms with Crippen LogP contribution in [0.2, 0.25) is 0 Å². The molecule has 2 aromatic carbocycles. The molecular formula is C23H22N2O3. The molecule has 0 spiro atoms. The molecule has 0 saturated heterocycles. The summed E-state index contributed by atoms with van der Waals surface area (Å²) in [4.78, 5) is 23.5. The largest absolute Gasteiger partial charge is 0.315 e. The minimum Gasteiger partial charge on any atom is -0.315 e. The number of rotatable bonds is 7. The Hall–Kier alpha value is -3.44. The minimum absolute atomic E-state index is 0.176. The maximum Gasteiger partial charge on any atom is 0.267 e. The maximum absolute atomic E-state index is 12.5. The predicted molar refractivity (Wildman–Crippen MR) is 109 cm³/mol. The Balaban J connectivity index is 1.63. The third-order valence-corrected chi connectivity index (χ3v) is 4.49. The van der Waals surface area contributed by atoms with Crippen molar-refractivity contribution in [3.05, 3.63) is 112 Å². The van der Waals surface area contributed by atoms with E-state index < -0.39 is 5.91 Å². The quantitative estimate of drug-likeness (QED) is 0.379. The number of aryl methyl sites for hydroxylation is 2. The van der Waals surface area contributed by atoms with E-state index in [-0.39, 0.29) is 5.56 Å². The lowest BCUT2D eigenvalue weighted by atomic mass is 10.0. The molecule has 1 aromatic heterocycles. The van der Waals surface area contributed by atoms with Gasteiger partial charge in [0.2, 0.25) is 0 Å². The molecule has 3 rings (SSSR count). The molecule has 0 bridgehead atoms. The zero-order chi connectivity index (χ0) is 19.8. The molecule has 0 aliphatic rings. The molecule has 1 heterocycles. The number of hydrogen-bond donors (Lipinski definition) is 2. The van der Waals surface area contributed by atoms with Crippen LogP contribution in [-0.2, 0) is 24.2 Å². The van der Waals surface area contributed by atoms with Gasteiger partial charge in [-0.15, -0.1) is 0 Å². The van der Waals surface area contributed by atoms with Crippen LogP contribution in [0.1, 0.15) is 22.3 Å². The van der Waals surface area contributed by atoms with Gasteiger partial charge < -0.3 is 4.57 Å². The molecule has 3 aromatic rings. The summed E-state index contributed by atoms with van der Waals surface area (Å²) in [5, 5.41) is 8.51. The molecule has 0 aliphatic carbocycles. The number of pyridine rings is 1. The molecule has 0 radical (unpaired) electrons. The summed E-state index contributed by atoms with van der Waals surface area (Å²) in [6, 6.07) is 22.2. The van der Waals surface area contributed by atoms with Crippen molar-refractivity contribution in [1.29, 1.82) is 0 Å². The van der Waals surface area contributed by atoms with Crippen LogP contribution in [0.4, 0.5) is 0 Å². The summed E-state index contributed by atoms with van der Waals surface area (Å²) >= 11 is 0. The average molecular weight is 374 g/mol. The number of amides is 1. The third-order valence-electron chi connectivity index (χ3n) is 4.49. The lowest BCUT2D eigenvalue weighted by molar-refractivity contribution is -0.124. The van der Waals surface area contributed by atoms with Crippen LogP contribution in [0.15, 0.2) is 83.8 Å². The van der Waals surface area contributed by atoms with Gasteiger partial charge in [0.15, 0.2) is 0 Å². The highest BCUT2D eigenvalue weighted by Crippen LogP contribution is 2.11. The van der Waals surface area contributed by atoms with Crippen LogP contribution in [0.25, 0.3) is 6.08 Å². The average Bonchev–Trinajstić information content (AvgIpc) is 2.73. The Bertz CT molecular complexity index is 1010. The van der Waals surface area contributed by atoms with Crippen LogP contribution < -0.4 is 11.0 Å². The van der Waals surface area contributed by atoms with Gasteiger partial charge in [-0.05, 0) is 47.7 Å². The van der Waals surface area contributed by atoms with Gasteiger partial charge in [-0.25, -0.2) is 5.48 Å². The fraction of sp³-hybridized carbons (Fsp3) is 0.130. The second-order valence-electron chi connectivity index (χ2n) is 6.50. The van der Waals surface area contributed by atoms with E-state index in [1.165, 1.54) is 22.7 Å². The van der Waals surface area contributed by atoms with Crippen LogP contribution in [0, 0.1) is 0 Å². The second kappa shape index (κ2) is 9.48. The first-order valence-corrected chi connectivity index (χ1v) is 9.09. The molecule has 0 aliphatic heterocycles. The van der Waals surface area contributed by atoms with Crippen molar-refractivity contribution in [2.45, 2.75) is 19.4 Å². The second-order valence-corrected chi connectivity index (χ2v) is 6.50. The van der Waals surface area contributed by atoms with Gasteiger partial charge in [-0.1, -0.05) is 54.6 Å². The molecule has 0 unspecified atom stereocenters. The predicted octanol–water partition coefficient (Wildman–Crippen LogP) is 3.20. The number of hydrogen-bond acceptors (Lipinski definition) is 3. The van der Waals surface area contributed by atoms with E-state index in [1.807, 2.05) is 18.2 Å². The van der Waals surface area contributed by atoms with E-state index in [9.17, 15) is 9.59 Å². The van der Waals surface area contributed by atoms with Crippen molar-refractivity contribution in [2.24, 2.45) is 0 Å². The number of nitrogens with zero attached hydrogens (tertiary/aromatic N) is 1. The Morgan fingerprint density at radius 1 is 0.929 bits per heavy atom. The van der Waals surface area contributed by atoms with Crippen molar-refractivity contribution in [2.75, 3.05) is 0 Å². The molecule has 142 valence electrons. The summed E-state index contributed by atoms with van der Waals surface area (Å²) in [6.45, 7) is 0.546.